The molecule has 1 aliphatic rings. The lowest BCUT2D eigenvalue weighted by Crippen LogP contribution is -2.48. The molecule has 1 saturated carbocycles. The van der Waals surface area contributed by atoms with Crippen molar-refractivity contribution >= 4 is 5.91 Å². The molecule has 1 aliphatic carbocycles. The molecule has 3 heteroatoms. The molecule has 2 N–H and O–H groups in total. The first-order valence-corrected chi connectivity index (χ1v) is 8.30. The maximum absolute atomic E-state index is 12.3. The normalized spacial score (nSPS) is 15.4. The second-order valence-electron chi connectivity index (χ2n) is 6.59. The number of carbonyl (C=O) groups is 1. The van der Waals surface area contributed by atoms with Gasteiger partial charge in [-0.05, 0) is 43.4 Å². The van der Waals surface area contributed by atoms with Crippen LogP contribution in [0.1, 0.15) is 32.3 Å². The van der Waals surface area contributed by atoms with Gasteiger partial charge in [0.1, 0.15) is 0 Å². The molecular formula is C20H24N2O. The second kappa shape index (κ2) is 6.55. The van der Waals surface area contributed by atoms with Crippen molar-refractivity contribution in [3.63, 3.8) is 0 Å². The van der Waals surface area contributed by atoms with Crippen LogP contribution >= 0.6 is 0 Å². The van der Waals surface area contributed by atoms with Crippen LogP contribution in [0.3, 0.4) is 0 Å². The lowest BCUT2D eigenvalue weighted by Gasteiger charge is -2.20. The summed E-state index contributed by atoms with van der Waals surface area (Å²) in [6, 6.07) is 18.9. The summed E-state index contributed by atoms with van der Waals surface area (Å²) in [5, 5.41) is 6.52. The minimum atomic E-state index is -0.367. The van der Waals surface area contributed by atoms with Crippen molar-refractivity contribution in [3.05, 3.63) is 60.2 Å². The number of carbonyl (C=O) groups excluding carboxylic acids is 1. The Balaban J connectivity index is 1.74. The third-order valence-corrected chi connectivity index (χ3v) is 4.32. The first-order valence-electron chi connectivity index (χ1n) is 8.30. The summed E-state index contributed by atoms with van der Waals surface area (Å²) < 4.78 is 0. The highest BCUT2D eigenvalue weighted by atomic mass is 16.2. The third kappa shape index (κ3) is 3.62. The first-order chi connectivity index (χ1) is 11.1. The first kappa shape index (κ1) is 15.8. The van der Waals surface area contributed by atoms with Crippen LogP contribution < -0.4 is 10.6 Å². The predicted molar refractivity (Wildman–Crippen MR) is 94.0 cm³/mol. The summed E-state index contributed by atoms with van der Waals surface area (Å²) in [6.45, 7) is 4.70. The highest BCUT2D eigenvalue weighted by molar-refractivity contribution is 5.89. The van der Waals surface area contributed by atoms with Gasteiger partial charge in [0.05, 0.1) is 5.54 Å². The van der Waals surface area contributed by atoms with Crippen molar-refractivity contribution in [2.75, 3.05) is 0 Å². The number of nitrogens with one attached hydrogen (secondary N) is 2. The number of amides is 1. The highest BCUT2D eigenvalue weighted by Crippen LogP contribution is 2.36. The van der Waals surface area contributed by atoms with Gasteiger partial charge in [0, 0.05) is 12.6 Å². The van der Waals surface area contributed by atoms with E-state index >= 15 is 0 Å². The van der Waals surface area contributed by atoms with E-state index in [4.69, 9.17) is 0 Å². The van der Waals surface area contributed by atoms with Crippen molar-refractivity contribution in [3.8, 4) is 11.1 Å². The number of rotatable bonds is 6. The zero-order chi connectivity index (χ0) is 16.3. The molecule has 0 unspecified atom stereocenters. The topological polar surface area (TPSA) is 41.1 Å². The Morgan fingerprint density at radius 2 is 1.70 bits per heavy atom. The van der Waals surface area contributed by atoms with Gasteiger partial charge in [0.2, 0.25) is 5.91 Å². The third-order valence-electron chi connectivity index (χ3n) is 4.32. The summed E-state index contributed by atoms with van der Waals surface area (Å²) in [5.74, 6) is 0.129. The van der Waals surface area contributed by atoms with Crippen LogP contribution in [0.15, 0.2) is 54.6 Å². The molecule has 2 aromatic rings. The molecule has 1 amide bonds. The Hall–Kier alpha value is -2.13. The Morgan fingerprint density at radius 1 is 1.04 bits per heavy atom. The summed E-state index contributed by atoms with van der Waals surface area (Å²) in [5.41, 5.74) is 3.29. The van der Waals surface area contributed by atoms with Crippen molar-refractivity contribution < 1.29 is 4.79 Å². The Labute approximate surface area is 138 Å². The standard InChI is InChI=1S/C20H24N2O/c1-15(2)22-19(23)20(12-13-20)21-14-17-10-6-7-11-18(17)16-8-4-3-5-9-16/h3-11,15,21H,12-14H2,1-2H3,(H,22,23). The summed E-state index contributed by atoms with van der Waals surface area (Å²) in [4.78, 5) is 12.3. The fourth-order valence-corrected chi connectivity index (χ4v) is 2.85. The monoisotopic (exact) mass is 308 g/mol. The van der Waals surface area contributed by atoms with Crippen LogP contribution in [0, 0.1) is 0 Å². The van der Waals surface area contributed by atoms with Crippen LogP contribution in [0.25, 0.3) is 11.1 Å². The van der Waals surface area contributed by atoms with Gasteiger partial charge < -0.3 is 5.32 Å². The minimum absolute atomic E-state index is 0.129. The molecule has 0 heterocycles. The Kier molecular flexibility index (Phi) is 4.49. The summed E-state index contributed by atoms with van der Waals surface area (Å²) >= 11 is 0. The van der Waals surface area contributed by atoms with Gasteiger partial charge in [0.25, 0.3) is 0 Å². The predicted octanol–water partition coefficient (Wildman–Crippen LogP) is 3.50. The average molecular weight is 308 g/mol. The van der Waals surface area contributed by atoms with Crippen LogP contribution in [0.4, 0.5) is 0 Å². The smallest absolute Gasteiger partial charge is 0.240 e. The van der Waals surface area contributed by atoms with Crippen molar-refractivity contribution in [1.29, 1.82) is 0 Å². The molecule has 120 valence electrons. The van der Waals surface area contributed by atoms with Gasteiger partial charge in [0.15, 0.2) is 0 Å². The quantitative estimate of drug-likeness (QED) is 0.857. The molecule has 0 spiro atoms. The zero-order valence-electron chi connectivity index (χ0n) is 13.8. The second-order valence-corrected chi connectivity index (χ2v) is 6.59. The Bertz CT molecular complexity index is 675. The number of hydrogen-bond donors (Lipinski definition) is 2. The van der Waals surface area contributed by atoms with E-state index < -0.39 is 0 Å². The van der Waals surface area contributed by atoms with Gasteiger partial charge in [-0.15, -0.1) is 0 Å². The average Bonchev–Trinajstić information content (AvgIpc) is 3.35. The maximum Gasteiger partial charge on any atom is 0.240 e. The van der Waals surface area contributed by atoms with Crippen molar-refractivity contribution in [1.82, 2.24) is 10.6 Å². The van der Waals surface area contributed by atoms with Gasteiger partial charge in [-0.25, -0.2) is 0 Å². The molecule has 0 bridgehead atoms. The zero-order valence-corrected chi connectivity index (χ0v) is 13.8. The molecule has 1 fully saturated rings. The maximum atomic E-state index is 12.3. The molecule has 0 aliphatic heterocycles. The summed E-state index contributed by atoms with van der Waals surface area (Å²) in [6.07, 6.45) is 1.83. The molecule has 0 atom stereocenters. The molecule has 23 heavy (non-hydrogen) atoms. The fourth-order valence-electron chi connectivity index (χ4n) is 2.85. The van der Waals surface area contributed by atoms with E-state index in [-0.39, 0.29) is 17.5 Å². The van der Waals surface area contributed by atoms with Crippen molar-refractivity contribution in [2.24, 2.45) is 0 Å². The molecular weight excluding hydrogens is 284 g/mol. The van der Waals surface area contributed by atoms with Gasteiger partial charge in [-0.3, -0.25) is 10.1 Å². The molecule has 3 nitrogen and oxygen atoms in total. The van der Waals surface area contributed by atoms with Crippen molar-refractivity contribution in [2.45, 2.75) is 44.8 Å². The molecule has 0 radical (unpaired) electrons. The lowest BCUT2D eigenvalue weighted by molar-refractivity contribution is -0.124. The van der Waals surface area contributed by atoms with E-state index in [1.54, 1.807) is 0 Å². The number of hydrogen-bond acceptors (Lipinski definition) is 2. The lowest BCUT2D eigenvalue weighted by atomic mass is 9.99. The SMILES string of the molecule is CC(C)NC(=O)C1(NCc2ccccc2-c2ccccc2)CC1. The summed E-state index contributed by atoms with van der Waals surface area (Å²) in [7, 11) is 0. The minimum Gasteiger partial charge on any atom is -0.352 e. The largest absolute Gasteiger partial charge is 0.352 e. The van der Waals surface area contributed by atoms with Gasteiger partial charge in [-0.1, -0.05) is 54.6 Å². The Morgan fingerprint density at radius 3 is 2.35 bits per heavy atom. The fraction of sp³-hybridized carbons (Fsp3) is 0.350. The van der Waals surface area contributed by atoms with E-state index in [1.165, 1.54) is 16.7 Å². The number of benzene rings is 2. The molecule has 2 aromatic carbocycles. The highest BCUT2D eigenvalue weighted by Gasteiger charge is 2.49. The van der Waals surface area contributed by atoms with Crippen LogP contribution in [-0.2, 0) is 11.3 Å². The van der Waals surface area contributed by atoms with Gasteiger partial charge >= 0.3 is 0 Å². The van der Waals surface area contributed by atoms with E-state index in [1.807, 2.05) is 19.9 Å². The molecule has 0 saturated heterocycles. The van der Waals surface area contributed by atoms with Crippen LogP contribution in [0.5, 0.6) is 0 Å². The molecule has 0 aromatic heterocycles. The van der Waals surface area contributed by atoms with E-state index in [0.29, 0.717) is 6.54 Å². The van der Waals surface area contributed by atoms with Gasteiger partial charge in [-0.2, -0.15) is 0 Å². The van der Waals surface area contributed by atoms with Crippen LogP contribution in [0.2, 0.25) is 0 Å². The van der Waals surface area contributed by atoms with E-state index in [0.717, 1.165) is 12.8 Å². The molecule has 3 rings (SSSR count). The van der Waals surface area contributed by atoms with Crippen LogP contribution in [-0.4, -0.2) is 17.5 Å². The van der Waals surface area contributed by atoms with E-state index in [2.05, 4.69) is 59.2 Å². The van der Waals surface area contributed by atoms with E-state index in [9.17, 15) is 4.79 Å².